The summed E-state index contributed by atoms with van der Waals surface area (Å²) >= 11 is 0. The predicted octanol–water partition coefficient (Wildman–Crippen LogP) is 11.6. The quantitative estimate of drug-likeness (QED) is 0.162. The first-order valence-corrected chi connectivity index (χ1v) is 24.1. The molecule has 0 bridgehead atoms. The lowest BCUT2D eigenvalue weighted by Crippen LogP contribution is -2.62. The Morgan fingerprint density at radius 3 is 1.19 bits per heavy atom. The average molecular weight is 873 g/mol. The number of rotatable bonds is 2. The minimum absolute atomic E-state index is 0.0656. The van der Waals surface area contributed by atoms with E-state index in [-0.39, 0.29) is 13.4 Å². The maximum absolute atomic E-state index is 7.39. The predicted molar refractivity (Wildman–Crippen MR) is 286 cm³/mol. The third-order valence-corrected chi connectivity index (χ3v) is 16.0. The monoisotopic (exact) mass is 872 g/mol. The first-order chi connectivity index (χ1) is 33.0. The standard InChI is InChI=1S/C62H46B2N2O2/c1-31-15-17-49-41(19-31)43-21-33(3)23-47-61(43)65(49)51-25-39(57-35(5)11-9-12-36(57)6)27-55-59(51)63(47)45-29-46-54(30-53(45)67-55)68-56-28-40(58-37(7)13-10-14-38(58)8)26-52-60(56)64(46)48-24-34(4)22-44-42-20-32(2)16-18-50(42)66(52)62(44)48/h9-30H,1-8H3. The molecule has 6 heteroatoms. The Hall–Kier alpha value is -7.69. The largest absolute Gasteiger partial charge is 0.458 e. The van der Waals surface area contributed by atoms with Crippen LogP contribution in [0.5, 0.6) is 23.0 Å². The van der Waals surface area contributed by atoms with Gasteiger partial charge in [-0.15, -0.1) is 0 Å². The van der Waals surface area contributed by atoms with Gasteiger partial charge in [-0.05, 0) is 193 Å². The lowest BCUT2D eigenvalue weighted by atomic mass is 9.31. The minimum Gasteiger partial charge on any atom is -0.458 e. The number of hydrogen-bond donors (Lipinski definition) is 0. The van der Waals surface area contributed by atoms with Crippen molar-refractivity contribution in [1.82, 2.24) is 9.13 Å². The van der Waals surface area contributed by atoms with Gasteiger partial charge >= 0.3 is 0 Å². The first-order valence-electron chi connectivity index (χ1n) is 24.1. The summed E-state index contributed by atoms with van der Waals surface area (Å²) in [6.45, 7) is 17.7. The molecule has 0 aliphatic carbocycles. The van der Waals surface area contributed by atoms with Gasteiger partial charge in [-0.25, -0.2) is 0 Å². The molecule has 0 unspecified atom stereocenters. The molecule has 0 radical (unpaired) electrons. The van der Waals surface area contributed by atoms with Gasteiger partial charge in [-0.3, -0.25) is 0 Å². The van der Waals surface area contributed by atoms with Gasteiger partial charge in [0.2, 0.25) is 0 Å². The van der Waals surface area contributed by atoms with Crippen molar-refractivity contribution in [3.63, 3.8) is 0 Å². The third-order valence-electron chi connectivity index (χ3n) is 16.0. The molecule has 0 saturated carbocycles. The molecule has 6 heterocycles. The number of fused-ring (bicyclic) bond motifs is 14. The van der Waals surface area contributed by atoms with Crippen LogP contribution in [-0.4, -0.2) is 22.6 Å². The Kier molecular flexibility index (Phi) is 7.37. The van der Waals surface area contributed by atoms with Crippen LogP contribution in [0.15, 0.2) is 133 Å². The number of aromatic nitrogens is 2. The van der Waals surface area contributed by atoms with Gasteiger partial charge < -0.3 is 18.6 Å². The van der Waals surface area contributed by atoms with Crippen LogP contribution in [0.4, 0.5) is 0 Å². The number of ether oxygens (including phenoxy) is 2. The summed E-state index contributed by atoms with van der Waals surface area (Å²) in [6, 6.07) is 51.0. The zero-order chi connectivity index (χ0) is 45.8. The molecular weight excluding hydrogens is 826 g/mol. The van der Waals surface area contributed by atoms with Crippen LogP contribution < -0.4 is 42.3 Å². The number of nitrogens with zero attached hydrogens (tertiary/aromatic N) is 2. The van der Waals surface area contributed by atoms with Gasteiger partial charge in [0.15, 0.2) is 0 Å². The SMILES string of the molecule is Cc1ccc2c(c1)c1cc(C)cc3c1n2-c1cc(-c2c(C)cccc2C)cc2c1B3c1cc3c(cc1O2)Oc1cc(-c2c(C)cccc2C)cc2c1B3c1cc(C)cc3c4cc(C)ccc4n-2c13. The molecule has 2 aromatic heterocycles. The second-order valence-corrected chi connectivity index (χ2v) is 20.6. The van der Waals surface area contributed by atoms with Gasteiger partial charge in [0, 0.05) is 50.0 Å². The van der Waals surface area contributed by atoms with Crippen LogP contribution in [-0.2, 0) is 0 Å². The molecule has 0 amide bonds. The topological polar surface area (TPSA) is 28.3 Å². The van der Waals surface area contributed by atoms with Crippen LogP contribution >= 0.6 is 0 Å². The van der Waals surface area contributed by atoms with E-state index in [4.69, 9.17) is 9.47 Å². The van der Waals surface area contributed by atoms with Crippen molar-refractivity contribution in [3.05, 3.63) is 178 Å². The number of aryl methyl sites for hydroxylation is 8. The fourth-order valence-corrected chi connectivity index (χ4v) is 13.4. The van der Waals surface area contributed by atoms with Crippen molar-refractivity contribution in [3.8, 4) is 56.6 Å². The molecule has 11 aromatic rings. The highest BCUT2D eigenvalue weighted by molar-refractivity contribution is 7.02. The first kappa shape index (κ1) is 38.4. The van der Waals surface area contributed by atoms with Gasteiger partial charge in [-0.1, -0.05) is 89.0 Å². The van der Waals surface area contributed by atoms with Crippen LogP contribution in [0.1, 0.15) is 44.5 Å². The minimum atomic E-state index is -0.0656. The highest BCUT2D eigenvalue weighted by atomic mass is 16.5. The third kappa shape index (κ3) is 4.87. The van der Waals surface area contributed by atoms with Crippen molar-refractivity contribution in [2.75, 3.05) is 0 Å². The molecule has 9 aromatic carbocycles. The van der Waals surface area contributed by atoms with E-state index in [0.717, 1.165) is 23.0 Å². The molecule has 4 aliphatic heterocycles. The summed E-state index contributed by atoms with van der Waals surface area (Å²) in [5.74, 6) is 3.51. The molecule has 0 spiro atoms. The number of hydrogen-bond acceptors (Lipinski definition) is 2. The molecule has 0 atom stereocenters. The smallest absolute Gasteiger partial charge is 0.256 e. The number of benzene rings is 9. The summed E-state index contributed by atoms with van der Waals surface area (Å²) < 4.78 is 19.9. The fraction of sp³-hybridized carbons (Fsp3) is 0.129. The second kappa shape index (κ2) is 13.0. The molecular formula is C62H46B2N2O2. The Morgan fingerprint density at radius 1 is 0.353 bits per heavy atom. The molecule has 0 N–H and O–H groups in total. The normalized spacial score (nSPS) is 13.5. The zero-order valence-electron chi connectivity index (χ0n) is 39.6. The van der Waals surface area contributed by atoms with E-state index >= 15 is 0 Å². The van der Waals surface area contributed by atoms with Crippen molar-refractivity contribution >= 4 is 89.8 Å². The van der Waals surface area contributed by atoms with Crippen LogP contribution in [0, 0.1) is 55.4 Å². The van der Waals surface area contributed by atoms with Gasteiger partial charge in [0.1, 0.15) is 23.0 Å². The molecule has 0 saturated heterocycles. The van der Waals surface area contributed by atoms with Gasteiger partial charge in [0.25, 0.3) is 13.4 Å². The zero-order valence-corrected chi connectivity index (χ0v) is 39.6. The van der Waals surface area contributed by atoms with Crippen molar-refractivity contribution < 1.29 is 9.47 Å². The molecule has 4 aliphatic rings. The Morgan fingerprint density at radius 2 is 0.765 bits per heavy atom. The van der Waals surface area contributed by atoms with E-state index < -0.39 is 0 Å². The summed E-state index contributed by atoms with van der Waals surface area (Å²) in [6.07, 6.45) is 0. The van der Waals surface area contributed by atoms with Crippen molar-refractivity contribution in [1.29, 1.82) is 0 Å². The van der Waals surface area contributed by atoms with Crippen LogP contribution in [0.2, 0.25) is 0 Å². The van der Waals surface area contributed by atoms with E-state index in [9.17, 15) is 0 Å². The average Bonchev–Trinajstić information content (AvgIpc) is 3.80. The summed E-state index contributed by atoms with van der Waals surface area (Å²) in [5, 5.41) is 5.17. The summed E-state index contributed by atoms with van der Waals surface area (Å²) in [7, 11) is 0. The highest BCUT2D eigenvalue weighted by Crippen LogP contribution is 2.45. The van der Waals surface area contributed by atoms with Gasteiger partial charge in [-0.2, -0.15) is 0 Å². The van der Waals surface area contributed by atoms with Crippen molar-refractivity contribution in [2.45, 2.75) is 55.4 Å². The van der Waals surface area contributed by atoms with E-state index in [0.29, 0.717) is 0 Å². The van der Waals surface area contributed by atoms with Gasteiger partial charge in [0.05, 0.1) is 11.0 Å². The van der Waals surface area contributed by atoms with Crippen molar-refractivity contribution in [2.24, 2.45) is 0 Å². The molecule has 322 valence electrons. The Balaban J connectivity index is 1.05. The van der Waals surface area contributed by atoms with Crippen LogP contribution in [0.25, 0.3) is 77.2 Å². The van der Waals surface area contributed by atoms with E-state index in [1.807, 2.05) is 0 Å². The van der Waals surface area contributed by atoms with E-state index in [1.54, 1.807) is 0 Å². The maximum atomic E-state index is 7.39. The Bertz CT molecular complexity index is 3900. The Labute approximate surface area is 396 Å². The maximum Gasteiger partial charge on any atom is 0.256 e. The lowest BCUT2D eigenvalue weighted by Gasteiger charge is -2.37. The lowest BCUT2D eigenvalue weighted by molar-refractivity contribution is 0.465. The molecule has 15 rings (SSSR count). The molecule has 68 heavy (non-hydrogen) atoms. The molecule has 4 nitrogen and oxygen atoms in total. The summed E-state index contributed by atoms with van der Waals surface area (Å²) in [4.78, 5) is 0. The summed E-state index contributed by atoms with van der Waals surface area (Å²) in [5.41, 5.74) is 29.7. The van der Waals surface area contributed by atoms with Crippen LogP contribution in [0.3, 0.4) is 0 Å². The van der Waals surface area contributed by atoms with E-state index in [2.05, 4.69) is 198 Å². The fourth-order valence-electron chi connectivity index (χ4n) is 13.4. The van der Waals surface area contributed by atoms with E-state index in [1.165, 1.54) is 155 Å². The highest BCUT2D eigenvalue weighted by Gasteiger charge is 2.46. The molecule has 0 fully saturated rings. The second-order valence-electron chi connectivity index (χ2n) is 20.6.